The van der Waals surface area contributed by atoms with Gasteiger partial charge in [0.15, 0.2) is 6.29 Å². The minimum Gasteiger partial charge on any atom is -0.353 e. The lowest BCUT2D eigenvalue weighted by Crippen LogP contribution is -2.32. The third-order valence-corrected chi connectivity index (χ3v) is 4.87. The average Bonchev–Trinajstić information content (AvgIpc) is 2.25. The topological polar surface area (TPSA) is 18.5 Å². The Bertz CT molecular complexity index is 162. The Balaban J connectivity index is 1.68. The summed E-state index contributed by atoms with van der Waals surface area (Å²) in [7, 11) is 0. The van der Waals surface area contributed by atoms with Gasteiger partial charge in [0.25, 0.3) is 0 Å². The monoisotopic (exact) mass is 230 g/mol. The van der Waals surface area contributed by atoms with Gasteiger partial charge in [-0.1, -0.05) is 6.92 Å². The van der Waals surface area contributed by atoms with Gasteiger partial charge in [0, 0.05) is 11.2 Å². The van der Waals surface area contributed by atoms with Crippen LogP contribution < -0.4 is 0 Å². The van der Waals surface area contributed by atoms with Gasteiger partial charge in [-0.05, 0) is 37.9 Å². The molecule has 2 heterocycles. The van der Waals surface area contributed by atoms with Crippen molar-refractivity contribution < 1.29 is 9.47 Å². The molecule has 0 N–H and O–H groups in total. The quantitative estimate of drug-likeness (QED) is 0.726. The first-order valence-electron chi connectivity index (χ1n) is 6.09. The van der Waals surface area contributed by atoms with Crippen LogP contribution in [0.5, 0.6) is 0 Å². The molecule has 3 heteroatoms. The van der Waals surface area contributed by atoms with Crippen LogP contribution in [0.15, 0.2) is 0 Å². The third kappa shape index (κ3) is 3.65. The minimum absolute atomic E-state index is 0.0157. The third-order valence-electron chi connectivity index (χ3n) is 3.40. The van der Waals surface area contributed by atoms with E-state index in [-0.39, 0.29) is 6.29 Å². The van der Waals surface area contributed by atoms with E-state index in [9.17, 15) is 0 Å². The van der Waals surface area contributed by atoms with Crippen molar-refractivity contribution in [2.45, 2.75) is 44.6 Å². The van der Waals surface area contributed by atoms with E-state index in [1.54, 1.807) is 0 Å². The van der Waals surface area contributed by atoms with Gasteiger partial charge in [0.1, 0.15) is 0 Å². The Morgan fingerprint density at radius 3 is 2.40 bits per heavy atom. The molecule has 0 saturated carbocycles. The van der Waals surface area contributed by atoms with Gasteiger partial charge < -0.3 is 9.47 Å². The molecule has 88 valence electrons. The second-order valence-corrected chi connectivity index (χ2v) is 6.39. The zero-order chi connectivity index (χ0) is 10.7. The van der Waals surface area contributed by atoms with Crippen LogP contribution >= 0.6 is 11.8 Å². The fourth-order valence-corrected chi connectivity index (χ4v) is 3.58. The fraction of sp³-hybridized carbons (Fsp3) is 1.00. The average molecular weight is 230 g/mol. The summed E-state index contributed by atoms with van der Waals surface area (Å²) in [6.07, 6.45) is 4.11. The molecule has 2 aliphatic rings. The molecule has 0 aromatic heterocycles. The maximum Gasteiger partial charge on any atom is 0.154 e. The van der Waals surface area contributed by atoms with Crippen LogP contribution in [0.4, 0.5) is 0 Å². The van der Waals surface area contributed by atoms with E-state index >= 15 is 0 Å². The molecule has 0 spiro atoms. The van der Waals surface area contributed by atoms with Gasteiger partial charge in [0.2, 0.25) is 0 Å². The van der Waals surface area contributed by atoms with E-state index in [0.717, 1.165) is 24.4 Å². The predicted molar refractivity (Wildman–Crippen MR) is 64.1 cm³/mol. The van der Waals surface area contributed by atoms with Crippen molar-refractivity contribution in [1.29, 1.82) is 0 Å². The number of hydrogen-bond donors (Lipinski definition) is 0. The van der Waals surface area contributed by atoms with Gasteiger partial charge >= 0.3 is 0 Å². The molecule has 2 saturated heterocycles. The highest BCUT2D eigenvalue weighted by atomic mass is 32.2. The zero-order valence-electron chi connectivity index (χ0n) is 9.78. The van der Waals surface area contributed by atoms with E-state index in [1.165, 1.54) is 25.0 Å². The molecular formula is C12H22O2S. The van der Waals surface area contributed by atoms with Gasteiger partial charge in [-0.2, -0.15) is 11.8 Å². The van der Waals surface area contributed by atoms with E-state index in [0.29, 0.717) is 5.92 Å². The molecule has 0 amide bonds. The smallest absolute Gasteiger partial charge is 0.154 e. The van der Waals surface area contributed by atoms with Crippen LogP contribution in [0.3, 0.4) is 0 Å². The summed E-state index contributed by atoms with van der Waals surface area (Å²) in [6.45, 7) is 6.12. The summed E-state index contributed by atoms with van der Waals surface area (Å²) in [6, 6.07) is 0. The van der Waals surface area contributed by atoms with Gasteiger partial charge in [-0.25, -0.2) is 0 Å². The first-order chi connectivity index (χ1) is 7.24. The summed E-state index contributed by atoms with van der Waals surface area (Å²) in [4.78, 5) is 0. The standard InChI is InChI=1S/C12H22O2S/c1-9-3-4-11(8-15-9)5-12-6-13-10(2)14-7-12/h9-12H,3-8H2,1-2H3. The Morgan fingerprint density at radius 1 is 1.07 bits per heavy atom. The Labute approximate surface area is 97.1 Å². The van der Waals surface area contributed by atoms with Crippen LogP contribution in [-0.2, 0) is 9.47 Å². The van der Waals surface area contributed by atoms with Crippen molar-refractivity contribution in [3.63, 3.8) is 0 Å². The van der Waals surface area contributed by atoms with Crippen molar-refractivity contribution in [3.8, 4) is 0 Å². The second kappa shape index (κ2) is 5.55. The van der Waals surface area contributed by atoms with Crippen LogP contribution in [0, 0.1) is 11.8 Å². The molecule has 0 radical (unpaired) electrons. The first kappa shape index (κ1) is 11.7. The van der Waals surface area contributed by atoms with Crippen molar-refractivity contribution in [3.05, 3.63) is 0 Å². The molecule has 2 unspecified atom stereocenters. The number of thioether (sulfide) groups is 1. The maximum absolute atomic E-state index is 5.52. The second-order valence-electron chi connectivity index (χ2n) is 4.92. The Morgan fingerprint density at radius 2 is 1.80 bits per heavy atom. The molecule has 0 bridgehead atoms. The molecule has 2 aliphatic heterocycles. The van der Waals surface area contributed by atoms with Crippen molar-refractivity contribution in [2.24, 2.45) is 11.8 Å². The lowest BCUT2D eigenvalue weighted by atomic mass is 9.92. The lowest BCUT2D eigenvalue weighted by Gasteiger charge is -2.32. The number of hydrogen-bond acceptors (Lipinski definition) is 3. The molecule has 2 nitrogen and oxygen atoms in total. The molecule has 2 fully saturated rings. The Kier molecular flexibility index (Phi) is 4.35. The highest BCUT2D eigenvalue weighted by Crippen LogP contribution is 2.33. The lowest BCUT2D eigenvalue weighted by molar-refractivity contribution is -0.192. The van der Waals surface area contributed by atoms with Gasteiger partial charge in [-0.3, -0.25) is 0 Å². The van der Waals surface area contributed by atoms with Crippen molar-refractivity contribution in [2.75, 3.05) is 19.0 Å². The molecule has 2 atom stereocenters. The Hall–Kier alpha value is 0.270. The number of ether oxygens (including phenoxy) is 2. The highest BCUT2D eigenvalue weighted by Gasteiger charge is 2.25. The normalized spacial score (nSPS) is 42.8. The van der Waals surface area contributed by atoms with E-state index in [1.807, 2.05) is 6.92 Å². The van der Waals surface area contributed by atoms with Gasteiger partial charge in [-0.15, -0.1) is 0 Å². The maximum atomic E-state index is 5.52. The SMILES string of the molecule is CC1OCC(CC2CCC(C)SC2)CO1. The largest absolute Gasteiger partial charge is 0.353 e. The molecule has 0 aliphatic carbocycles. The first-order valence-corrected chi connectivity index (χ1v) is 7.13. The van der Waals surface area contributed by atoms with Crippen LogP contribution in [-0.4, -0.2) is 30.5 Å². The fourth-order valence-electron chi connectivity index (χ4n) is 2.37. The summed E-state index contributed by atoms with van der Waals surface area (Å²) in [5.41, 5.74) is 0. The van der Waals surface area contributed by atoms with Crippen molar-refractivity contribution in [1.82, 2.24) is 0 Å². The summed E-state index contributed by atoms with van der Waals surface area (Å²) >= 11 is 2.13. The predicted octanol–water partition coefficient (Wildman–Crippen LogP) is 2.92. The molecule has 15 heavy (non-hydrogen) atoms. The molecular weight excluding hydrogens is 208 g/mol. The van der Waals surface area contributed by atoms with E-state index in [2.05, 4.69) is 18.7 Å². The molecule has 2 rings (SSSR count). The summed E-state index contributed by atoms with van der Waals surface area (Å²) in [5.74, 6) is 2.88. The van der Waals surface area contributed by atoms with Crippen LogP contribution in [0.1, 0.15) is 33.1 Å². The minimum atomic E-state index is 0.0157. The van der Waals surface area contributed by atoms with E-state index < -0.39 is 0 Å². The molecule has 0 aromatic rings. The molecule has 0 aromatic carbocycles. The highest BCUT2D eigenvalue weighted by molar-refractivity contribution is 7.99. The van der Waals surface area contributed by atoms with E-state index in [4.69, 9.17) is 9.47 Å². The zero-order valence-corrected chi connectivity index (χ0v) is 10.6. The number of rotatable bonds is 2. The van der Waals surface area contributed by atoms with Crippen LogP contribution in [0.2, 0.25) is 0 Å². The van der Waals surface area contributed by atoms with Crippen LogP contribution in [0.25, 0.3) is 0 Å². The van der Waals surface area contributed by atoms with Crippen molar-refractivity contribution >= 4 is 11.8 Å². The summed E-state index contributed by atoms with van der Waals surface area (Å²) in [5, 5.41) is 0.875. The summed E-state index contributed by atoms with van der Waals surface area (Å²) < 4.78 is 11.0. The van der Waals surface area contributed by atoms with Gasteiger partial charge in [0.05, 0.1) is 13.2 Å².